The van der Waals surface area contributed by atoms with Crippen LogP contribution in [0.4, 0.5) is 0 Å². The number of nitrogens with zero attached hydrogens (tertiary/aromatic N) is 2. The van der Waals surface area contributed by atoms with E-state index in [9.17, 15) is 0 Å². The minimum absolute atomic E-state index is 0.639. The summed E-state index contributed by atoms with van der Waals surface area (Å²) in [5.41, 5.74) is 11.9. The highest BCUT2D eigenvalue weighted by Crippen LogP contribution is 2.30. The van der Waals surface area contributed by atoms with Crippen molar-refractivity contribution in [2.75, 3.05) is 6.54 Å². The number of rotatable bonds is 3. The van der Waals surface area contributed by atoms with Crippen molar-refractivity contribution in [3.05, 3.63) is 46.1 Å². The van der Waals surface area contributed by atoms with Crippen LogP contribution in [-0.4, -0.2) is 15.9 Å². The molecule has 2 N–H and O–H groups in total. The Balaban J connectivity index is 2.24. The first kappa shape index (κ1) is 13.3. The number of hydrogen-bond acceptors (Lipinski definition) is 3. The summed E-state index contributed by atoms with van der Waals surface area (Å²) in [6, 6.07) is 6.53. The number of benzene rings is 1. The molecule has 1 aromatic carbocycles. The lowest BCUT2D eigenvalue weighted by molar-refractivity contribution is 0.910. The lowest BCUT2D eigenvalue weighted by Gasteiger charge is -2.07. The van der Waals surface area contributed by atoms with Gasteiger partial charge in [0.25, 0.3) is 0 Å². The topological polar surface area (TPSA) is 43.3 Å². The Bertz CT molecular complexity index is 767. The number of hydrogen-bond donors (Lipinski definition) is 1. The van der Waals surface area contributed by atoms with Crippen molar-refractivity contribution in [2.24, 2.45) is 5.73 Å². The summed E-state index contributed by atoms with van der Waals surface area (Å²) >= 11 is 1.73. The molecule has 0 radical (unpaired) electrons. The molecule has 2 heterocycles. The molecule has 0 bridgehead atoms. The number of aryl methyl sites for hydroxylation is 3. The first-order valence-electron chi connectivity index (χ1n) is 6.85. The van der Waals surface area contributed by atoms with Crippen LogP contribution in [-0.2, 0) is 6.42 Å². The van der Waals surface area contributed by atoms with Crippen LogP contribution in [0.15, 0.2) is 24.4 Å². The van der Waals surface area contributed by atoms with Gasteiger partial charge in [-0.3, -0.25) is 4.40 Å². The Morgan fingerprint density at radius 2 is 2.05 bits per heavy atom. The zero-order chi connectivity index (χ0) is 14.3. The largest absolute Gasteiger partial charge is 0.330 e. The maximum atomic E-state index is 5.79. The first-order valence-corrected chi connectivity index (χ1v) is 7.67. The maximum absolute atomic E-state index is 5.79. The smallest absolute Gasteiger partial charge is 0.194 e. The number of fused-ring (bicyclic) bond motifs is 1. The summed E-state index contributed by atoms with van der Waals surface area (Å²) in [6.45, 7) is 7.02. The van der Waals surface area contributed by atoms with Gasteiger partial charge in [0.1, 0.15) is 0 Å². The molecule has 2 aromatic heterocycles. The molecule has 4 heteroatoms. The number of imidazole rings is 1. The van der Waals surface area contributed by atoms with Crippen LogP contribution in [0.3, 0.4) is 0 Å². The first-order chi connectivity index (χ1) is 9.60. The number of nitrogens with two attached hydrogens (primary N) is 1. The number of thiazole rings is 1. The van der Waals surface area contributed by atoms with Crippen LogP contribution in [0.25, 0.3) is 16.2 Å². The summed E-state index contributed by atoms with van der Waals surface area (Å²) < 4.78 is 2.20. The fourth-order valence-corrected chi connectivity index (χ4v) is 3.52. The highest BCUT2D eigenvalue weighted by molar-refractivity contribution is 7.17. The zero-order valence-electron chi connectivity index (χ0n) is 12.1. The van der Waals surface area contributed by atoms with Crippen molar-refractivity contribution in [1.29, 1.82) is 0 Å². The van der Waals surface area contributed by atoms with Gasteiger partial charge in [0.2, 0.25) is 0 Å². The van der Waals surface area contributed by atoms with E-state index < -0.39 is 0 Å². The minimum Gasteiger partial charge on any atom is -0.330 e. The molecular weight excluding hydrogens is 266 g/mol. The van der Waals surface area contributed by atoms with E-state index in [1.54, 1.807) is 11.3 Å². The molecular formula is C16H19N3S. The fourth-order valence-electron chi connectivity index (χ4n) is 2.67. The van der Waals surface area contributed by atoms with Crippen molar-refractivity contribution in [1.82, 2.24) is 9.38 Å². The SMILES string of the molecule is Cc1ccc(-c2nc3sc(C)cn3c2CCN)c(C)c1. The van der Waals surface area contributed by atoms with Crippen LogP contribution in [0.2, 0.25) is 0 Å². The van der Waals surface area contributed by atoms with Gasteiger partial charge in [-0.15, -0.1) is 11.3 Å². The molecule has 0 atom stereocenters. The van der Waals surface area contributed by atoms with Crippen molar-refractivity contribution >= 4 is 16.3 Å². The van der Waals surface area contributed by atoms with Crippen molar-refractivity contribution < 1.29 is 0 Å². The predicted molar refractivity (Wildman–Crippen MR) is 85.5 cm³/mol. The van der Waals surface area contributed by atoms with E-state index in [0.717, 1.165) is 17.1 Å². The molecule has 3 aromatic rings. The molecule has 3 nitrogen and oxygen atoms in total. The second-order valence-electron chi connectivity index (χ2n) is 5.26. The third-order valence-corrected chi connectivity index (χ3v) is 4.46. The predicted octanol–water partition coefficient (Wildman–Crippen LogP) is 3.49. The van der Waals surface area contributed by atoms with Crippen LogP contribution in [0.5, 0.6) is 0 Å². The van der Waals surface area contributed by atoms with Crippen LogP contribution in [0.1, 0.15) is 21.7 Å². The van der Waals surface area contributed by atoms with E-state index in [4.69, 9.17) is 10.7 Å². The average molecular weight is 285 g/mol. The Hall–Kier alpha value is -1.65. The third kappa shape index (κ3) is 2.15. The third-order valence-electron chi connectivity index (χ3n) is 3.56. The van der Waals surface area contributed by atoms with Crippen LogP contribution >= 0.6 is 11.3 Å². The van der Waals surface area contributed by atoms with Crippen LogP contribution < -0.4 is 5.73 Å². The van der Waals surface area contributed by atoms with Crippen molar-refractivity contribution in [3.8, 4) is 11.3 Å². The molecule has 0 aliphatic carbocycles. The summed E-state index contributed by atoms with van der Waals surface area (Å²) in [5, 5.41) is 0. The molecule has 0 saturated carbocycles. The molecule has 0 spiro atoms. The summed E-state index contributed by atoms with van der Waals surface area (Å²) in [6.07, 6.45) is 3.00. The van der Waals surface area contributed by atoms with Gasteiger partial charge in [0.05, 0.1) is 11.4 Å². The standard InChI is InChI=1S/C16H19N3S/c1-10-4-5-13(11(2)8-10)15-14(6-7-17)19-9-12(3)20-16(19)18-15/h4-5,8-9H,6-7,17H2,1-3H3. The lowest BCUT2D eigenvalue weighted by Crippen LogP contribution is -2.06. The quantitative estimate of drug-likeness (QED) is 0.800. The van der Waals surface area contributed by atoms with Crippen LogP contribution in [0, 0.1) is 20.8 Å². The average Bonchev–Trinajstić information content (AvgIpc) is 2.88. The molecule has 0 amide bonds. The Labute approximate surface area is 123 Å². The summed E-state index contributed by atoms with van der Waals surface area (Å²) in [7, 11) is 0. The van der Waals surface area contributed by atoms with Gasteiger partial charge < -0.3 is 5.73 Å². The maximum Gasteiger partial charge on any atom is 0.194 e. The molecule has 104 valence electrons. The summed E-state index contributed by atoms with van der Waals surface area (Å²) in [5.74, 6) is 0. The van der Waals surface area contributed by atoms with E-state index in [2.05, 4.69) is 49.6 Å². The van der Waals surface area contributed by atoms with E-state index >= 15 is 0 Å². The molecule has 3 rings (SSSR count). The normalized spacial score (nSPS) is 11.4. The highest BCUT2D eigenvalue weighted by atomic mass is 32.1. The molecule has 20 heavy (non-hydrogen) atoms. The van der Waals surface area contributed by atoms with Crippen molar-refractivity contribution in [2.45, 2.75) is 27.2 Å². The molecule has 0 aliphatic heterocycles. The minimum atomic E-state index is 0.639. The molecule has 0 aliphatic rings. The van der Waals surface area contributed by atoms with Gasteiger partial charge in [-0.05, 0) is 32.9 Å². The second-order valence-corrected chi connectivity index (χ2v) is 6.47. The number of aromatic nitrogens is 2. The van der Waals surface area contributed by atoms with Gasteiger partial charge in [-0.1, -0.05) is 23.8 Å². The monoisotopic (exact) mass is 285 g/mol. The Kier molecular flexibility index (Phi) is 3.36. The Morgan fingerprint density at radius 3 is 2.75 bits per heavy atom. The van der Waals surface area contributed by atoms with Gasteiger partial charge >= 0.3 is 0 Å². The lowest BCUT2D eigenvalue weighted by atomic mass is 10.0. The van der Waals surface area contributed by atoms with Gasteiger partial charge in [-0.2, -0.15) is 0 Å². The molecule has 0 unspecified atom stereocenters. The van der Waals surface area contributed by atoms with E-state index in [-0.39, 0.29) is 0 Å². The Morgan fingerprint density at radius 1 is 1.25 bits per heavy atom. The highest BCUT2D eigenvalue weighted by Gasteiger charge is 2.16. The molecule has 0 fully saturated rings. The zero-order valence-corrected chi connectivity index (χ0v) is 12.9. The van der Waals surface area contributed by atoms with Crippen molar-refractivity contribution in [3.63, 3.8) is 0 Å². The van der Waals surface area contributed by atoms with E-state index in [1.807, 2.05) is 0 Å². The second kappa shape index (κ2) is 5.04. The molecule has 0 saturated heterocycles. The van der Waals surface area contributed by atoms with E-state index in [1.165, 1.54) is 27.3 Å². The van der Waals surface area contributed by atoms with Gasteiger partial charge in [-0.25, -0.2) is 4.98 Å². The summed E-state index contributed by atoms with van der Waals surface area (Å²) in [4.78, 5) is 7.17. The van der Waals surface area contributed by atoms with E-state index in [0.29, 0.717) is 6.54 Å². The van der Waals surface area contributed by atoms with Gasteiger partial charge in [0, 0.05) is 23.1 Å². The fraction of sp³-hybridized carbons (Fsp3) is 0.312. The van der Waals surface area contributed by atoms with Gasteiger partial charge in [0.15, 0.2) is 4.96 Å².